The quantitative estimate of drug-likeness (QED) is 0.455. The lowest BCUT2D eigenvalue weighted by Crippen LogP contribution is -2.25. The van der Waals surface area contributed by atoms with Crippen LogP contribution in [0.2, 0.25) is 0 Å². The summed E-state index contributed by atoms with van der Waals surface area (Å²) in [5, 5.41) is 0. The number of amides is 1. The summed E-state index contributed by atoms with van der Waals surface area (Å²) in [7, 11) is 1.64. The highest BCUT2D eigenvalue weighted by Crippen LogP contribution is 2.38. The number of hydrogen-bond acceptors (Lipinski definition) is 3. The molecule has 1 aliphatic heterocycles. The fraction of sp³-hybridized carbons (Fsp3) is 0.231. The number of benzene rings is 3. The Labute approximate surface area is 181 Å². The molecule has 0 unspecified atom stereocenters. The van der Waals surface area contributed by atoms with Gasteiger partial charge in [0.1, 0.15) is 11.6 Å². The molecule has 2 atom stereocenters. The van der Waals surface area contributed by atoms with Gasteiger partial charge in [-0.15, -0.1) is 0 Å². The summed E-state index contributed by atoms with van der Waals surface area (Å²) in [6.07, 6.45) is 0.433. The highest BCUT2D eigenvalue weighted by Gasteiger charge is 2.36. The molecule has 3 aromatic carbocycles. The van der Waals surface area contributed by atoms with Gasteiger partial charge in [0.05, 0.1) is 29.9 Å². The molecule has 5 nitrogen and oxygen atoms in total. The zero-order valence-electron chi connectivity index (χ0n) is 17.7. The van der Waals surface area contributed by atoms with E-state index in [0.717, 1.165) is 22.5 Å². The largest absolute Gasteiger partial charge is 0.495 e. The third kappa shape index (κ3) is 3.36. The Kier molecular flexibility index (Phi) is 4.94. The highest BCUT2D eigenvalue weighted by molar-refractivity contribution is 5.97. The Morgan fingerprint density at radius 1 is 0.968 bits per heavy atom. The van der Waals surface area contributed by atoms with Crippen LogP contribution in [0.15, 0.2) is 78.9 Å². The smallest absolute Gasteiger partial charge is 0.227 e. The lowest BCUT2D eigenvalue weighted by molar-refractivity contribution is -0.117. The van der Waals surface area contributed by atoms with Crippen LogP contribution in [0.1, 0.15) is 36.7 Å². The van der Waals surface area contributed by atoms with Crippen LogP contribution in [-0.4, -0.2) is 29.1 Å². The second-order valence-corrected chi connectivity index (χ2v) is 7.99. The highest BCUT2D eigenvalue weighted by atomic mass is 16.5. The number of methoxy groups -OCH3 is 1. The molecule has 0 bridgehead atoms. The molecule has 1 amide bonds. The van der Waals surface area contributed by atoms with Crippen LogP contribution in [0.5, 0.6) is 5.75 Å². The van der Waals surface area contributed by atoms with Crippen molar-refractivity contribution in [3.05, 3.63) is 90.3 Å². The third-order valence-corrected chi connectivity index (χ3v) is 6.16. The molecule has 0 radical (unpaired) electrons. The van der Waals surface area contributed by atoms with Gasteiger partial charge in [-0.1, -0.05) is 54.6 Å². The molecule has 1 aliphatic rings. The van der Waals surface area contributed by atoms with Gasteiger partial charge in [-0.3, -0.25) is 4.79 Å². The predicted octanol–water partition coefficient (Wildman–Crippen LogP) is 5.17. The van der Waals surface area contributed by atoms with Crippen molar-refractivity contribution in [1.82, 2.24) is 9.55 Å². The van der Waals surface area contributed by atoms with Gasteiger partial charge in [0.25, 0.3) is 0 Å². The zero-order valence-corrected chi connectivity index (χ0v) is 17.7. The Hall–Kier alpha value is -3.60. The number of rotatable bonds is 5. The number of nitrogens with zero attached hydrogens (tertiary/aromatic N) is 3. The van der Waals surface area contributed by atoms with E-state index in [1.165, 1.54) is 5.56 Å². The lowest BCUT2D eigenvalue weighted by Gasteiger charge is -2.22. The first-order chi connectivity index (χ1) is 15.2. The van der Waals surface area contributed by atoms with Crippen LogP contribution < -0.4 is 9.64 Å². The molecular weight excluding hydrogens is 386 g/mol. The van der Waals surface area contributed by atoms with Crippen LogP contribution in [0.4, 0.5) is 5.69 Å². The van der Waals surface area contributed by atoms with Crippen molar-refractivity contribution in [2.24, 2.45) is 0 Å². The molecule has 4 aromatic rings. The van der Waals surface area contributed by atoms with E-state index < -0.39 is 0 Å². The van der Waals surface area contributed by atoms with Gasteiger partial charge < -0.3 is 14.2 Å². The average molecular weight is 412 g/mol. The van der Waals surface area contributed by atoms with Crippen molar-refractivity contribution in [1.29, 1.82) is 0 Å². The van der Waals surface area contributed by atoms with E-state index in [0.29, 0.717) is 18.7 Å². The number of imidazole rings is 1. The summed E-state index contributed by atoms with van der Waals surface area (Å²) in [4.78, 5) is 19.9. The van der Waals surface area contributed by atoms with Crippen molar-refractivity contribution >= 4 is 22.6 Å². The minimum absolute atomic E-state index is 0.0102. The number of carbonyl (C=O) groups is 1. The monoisotopic (exact) mass is 411 g/mol. The van der Waals surface area contributed by atoms with Crippen molar-refractivity contribution in [2.75, 3.05) is 18.6 Å². The maximum absolute atomic E-state index is 13.0. The van der Waals surface area contributed by atoms with E-state index in [1.54, 1.807) is 7.11 Å². The molecule has 0 N–H and O–H groups in total. The first-order valence-corrected chi connectivity index (χ1v) is 10.6. The molecule has 1 fully saturated rings. The molecule has 156 valence electrons. The molecule has 5 rings (SSSR count). The normalized spacial score (nSPS) is 17.3. The van der Waals surface area contributed by atoms with Crippen molar-refractivity contribution in [2.45, 2.75) is 25.3 Å². The maximum Gasteiger partial charge on any atom is 0.227 e. The number of ether oxygens (including phenoxy) is 1. The van der Waals surface area contributed by atoms with E-state index in [2.05, 4.69) is 41.8 Å². The number of para-hydroxylation sites is 4. The second-order valence-electron chi connectivity index (χ2n) is 7.99. The summed E-state index contributed by atoms with van der Waals surface area (Å²) < 4.78 is 7.80. The van der Waals surface area contributed by atoms with Crippen LogP contribution in [0.25, 0.3) is 11.0 Å². The van der Waals surface area contributed by atoms with Gasteiger partial charge in [-0.25, -0.2) is 4.98 Å². The van der Waals surface area contributed by atoms with Crippen LogP contribution in [0, 0.1) is 0 Å². The van der Waals surface area contributed by atoms with Gasteiger partial charge in [0.15, 0.2) is 0 Å². The summed E-state index contributed by atoms with van der Waals surface area (Å²) in [6.45, 7) is 2.78. The first-order valence-electron chi connectivity index (χ1n) is 10.6. The van der Waals surface area contributed by atoms with E-state index in [-0.39, 0.29) is 17.9 Å². The van der Waals surface area contributed by atoms with E-state index >= 15 is 0 Å². The fourth-order valence-electron chi connectivity index (χ4n) is 4.60. The van der Waals surface area contributed by atoms with E-state index in [1.807, 2.05) is 53.4 Å². The van der Waals surface area contributed by atoms with E-state index in [4.69, 9.17) is 9.72 Å². The summed E-state index contributed by atoms with van der Waals surface area (Å²) in [5.74, 6) is 1.78. The summed E-state index contributed by atoms with van der Waals surface area (Å²) in [5.41, 5.74) is 4.09. The predicted molar refractivity (Wildman–Crippen MR) is 123 cm³/mol. The number of fused-ring (bicyclic) bond motifs is 1. The van der Waals surface area contributed by atoms with E-state index in [9.17, 15) is 4.79 Å². The minimum atomic E-state index is 0.0102. The van der Waals surface area contributed by atoms with Gasteiger partial charge in [0.2, 0.25) is 5.91 Å². The van der Waals surface area contributed by atoms with Gasteiger partial charge in [-0.05, 0) is 36.8 Å². The molecular formula is C26H25N3O2. The van der Waals surface area contributed by atoms with Crippen LogP contribution >= 0.6 is 0 Å². The summed E-state index contributed by atoms with van der Waals surface area (Å²) >= 11 is 0. The molecule has 0 saturated carbocycles. The molecule has 0 spiro atoms. The van der Waals surface area contributed by atoms with Crippen molar-refractivity contribution < 1.29 is 9.53 Å². The zero-order chi connectivity index (χ0) is 21.4. The third-order valence-electron chi connectivity index (χ3n) is 6.16. The lowest BCUT2D eigenvalue weighted by atomic mass is 10.0. The minimum Gasteiger partial charge on any atom is -0.495 e. The van der Waals surface area contributed by atoms with Crippen molar-refractivity contribution in [3.63, 3.8) is 0 Å². The number of aromatic nitrogens is 2. The number of anilines is 1. The SMILES string of the molecule is COc1ccccc1N1C[C@@H](c2nc3ccccc3n2[C@H](C)c2ccccc2)CC1=O. The van der Waals surface area contributed by atoms with Gasteiger partial charge in [-0.2, -0.15) is 0 Å². The topological polar surface area (TPSA) is 47.4 Å². The second kappa shape index (κ2) is 7.91. The molecule has 5 heteroatoms. The Morgan fingerprint density at radius 2 is 1.68 bits per heavy atom. The average Bonchev–Trinajstić information content (AvgIpc) is 3.39. The maximum atomic E-state index is 13.0. The van der Waals surface area contributed by atoms with Crippen molar-refractivity contribution in [3.8, 4) is 5.75 Å². The molecule has 31 heavy (non-hydrogen) atoms. The molecule has 1 aromatic heterocycles. The number of carbonyl (C=O) groups excluding carboxylic acids is 1. The molecule has 1 saturated heterocycles. The Morgan fingerprint density at radius 3 is 2.48 bits per heavy atom. The molecule has 2 heterocycles. The van der Waals surface area contributed by atoms with Gasteiger partial charge >= 0.3 is 0 Å². The van der Waals surface area contributed by atoms with Crippen LogP contribution in [0.3, 0.4) is 0 Å². The fourth-order valence-corrected chi connectivity index (χ4v) is 4.60. The Bertz CT molecular complexity index is 1230. The van der Waals surface area contributed by atoms with Gasteiger partial charge in [0, 0.05) is 18.9 Å². The molecule has 0 aliphatic carbocycles. The summed E-state index contributed by atoms with van der Waals surface area (Å²) in [6, 6.07) is 26.4. The Balaban J connectivity index is 1.57. The number of hydrogen-bond donors (Lipinski definition) is 0. The van der Waals surface area contributed by atoms with Crippen LogP contribution in [-0.2, 0) is 4.79 Å². The first kappa shape index (κ1) is 19.4. The standard InChI is InChI=1S/C26H25N3O2/c1-18(19-10-4-3-5-11-19)29-22-13-7-6-12-21(22)27-26(29)20-16-25(30)28(17-20)23-14-8-9-15-24(23)31-2/h3-15,18,20H,16-17H2,1-2H3/t18-,20+/m1/s1.